The number of ether oxygens (including phenoxy) is 1. The Kier molecular flexibility index (Phi) is 9.72. The van der Waals surface area contributed by atoms with Crippen molar-refractivity contribution in [2.24, 2.45) is 0 Å². The fraction of sp³-hybridized carbons (Fsp3) is 0.542. The van der Waals surface area contributed by atoms with Gasteiger partial charge in [0.05, 0.1) is 22.9 Å². The van der Waals surface area contributed by atoms with Crippen LogP contribution in [-0.2, 0) is 19.7 Å². The third-order valence-corrected chi connectivity index (χ3v) is 5.35. The second kappa shape index (κ2) is 12.0. The molecular formula is C24H35ClN4O3. The predicted octanol–water partition coefficient (Wildman–Crippen LogP) is 4.82. The smallest absolute Gasteiger partial charge is 0.245 e. The van der Waals surface area contributed by atoms with Gasteiger partial charge in [0.1, 0.15) is 5.82 Å². The number of para-hydroxylation sites is 1. The van der Waals surface area contributed by atoms with Crippen molar-refractivity contribution in [2.75, 3.05) is 32.1 Å². The molecule has 7 nitrogen and oxygen atoms in total. The summed E-state index contributed by atoms with van der Waals surface area (Å²) in [6, 6.07) is 9.20. The number of rotatable bonds is 11. The number of nitrogens with zero attached hydrogens (tertiary/aromatic N) is 3. The zero-order valence-corrected chi connectivity index (χ0v) is 20.5. The van der Waals surface area contributed by atoms with Crippen LogP contribution < -0.4 is 5.32 Å². The standard InChI is InChI=1S/C24H35ClN4O3/c1-6-7-13-23(31)28(14-10-15-32-5)17-22(30)26-21-16-20(24(2,3)4)27-29(21)19-12-9-8-11-18(19)25/h8-9,11-12,16H,6-7,10,13-15,17H2,1-5H3,(H,26,30). The molecule has 0 saturated carbocycles. The first-order valence-electron chi connectivity index (χ1n) is 11.1. The van der Waals surface area contributed by atoms with Crippen LogP contribution in [0.4, 0.5) is 5.82 Å². The molecule has 2 amide bonds. The van der Waals surface area contributed by atoms with Crippen molar-refractivity contribution in [3.05, 3.63) is 41.0 Å². The molecule has 8 heteroatoms. The molecule has 2 rings (SSSR count). The zero-order valence-electron chi connectivity index (χ0n) is 19.8. The quantitative estimate of drug-likeness (QED) is 0.486. The number of carbonyl (C=O) groups excluding carboxylic acids is 2. The molecule has 0 unspecified atom stereocenters. The van der Waals surface area contributed by atoms with Crippen molar-refractivity contribution in [3.8, 4) is 5.69 Å². The number of hydrogen-bond acceptors (Lipinski definition) is 4. The topological polar surface area (TPSA) is 76.5 Å². The molecule has 0 atom stereocenters. The average molecular weight is 463 g/mol. The summed E-state index contributed by atoms with van der Waals surface area (Å²) in [6.07, 6.45) is 2.84. The van der Waals surface area contributed by atoms with Crippen LogP contribution in [0.2, 0.25) is 5.02 Å². The SMILES string of the molecule is CCCCC(=O)N(CCCOC)CC(=O)Nc1cc(C(C)(C)C)nn1-c1ccccc1Cl. The lowest BCUT2D eigenvalue weighted by Gasteiger charge is -2.22. The number of aromatic nitrogens is 2. The second-order valence-electron chi connectivity index (χ2n) is 8.84. The van der Waals surface area contributed by atoms with Crippen molar-refractivity contribution in [1.82, 2.24) is 14.7 Å². The van der Waals surface area contributed by atoms with E-state index < -0.39 is 0 Å². The number of benzene rings is 1. The Labute approximate surface area is 196 Å². The Morgan fingerprint density at radius 2 is 1.94 bits per heavy atom. The van der Waals surface area contributed by atoms with E-state index in [2.05, 4.69) is 26.1 Å². The van der Waals surface area contributed by atoms with E-state index in [0.717, 1.165) is 18.5 Å². The minimum Gasteiger partial charge on any atom is -0.385 e. The number of halogens is 1. The minimum absolute atomic E-state index is 0.0203. The summed E-state index contributed by atoms with van der Waals surface area (Å²) in [5.74, 6) is 0.222. The fourth-order valence-corrected chi connectivity index (χ4v) is 3.39. The summed E-state index contributed by atoms with van der Waals surface area (Å²) in [5, 5.41) is 8.17. The maximum atomic E-state index is 13.0. The summed E-state index contributed by atoms with van der Waals surface area (Å²) >= 11 is 6.40. The normalized spacial score (nSPS) is 11.4. The van der Waals surface area contributed by atoms with Crippen LogP contribution in [0.1, 0.15) is 59.1 Å². The highest BCUT2D eigenvalue weighted by Gasteiger charge is 2.23. The molecule has 1 aromatic heterocycles. The van der Waals surface area contributed by atoms with E-state index in [1.54, 1.807) is 22.8 Å². The van der Waals surface area contributed by atoms with Crippen LogP contribution in [-0.4, -0.2) is 53.3 Å². The van der Waals surface area contributed by atoms with Gasteiger partial charge in [-0.25, -0.2) is 4.68 Å². The molecular weight excluding hydrogens is 428 g/mol. The Bertz CT molecular complexity index is 905. The van der Waals surface area contributed by atoms with E-state index in [9.17, 15) is 9.59 Å². The van der Waals surface area contributed by atoms with E-state index in [1.165, 1.54) is 0 Å². The van der Waals surface area contributed by atoms with Gasteiger partial charge in [-0.1, -0.05) is 57.8 Å². The number of methoxy groups -OCH3 is 1. The second-order valence-corrected chi connectivity index (χ2v) is 9.25. The third kappa shape index (κ3) is 7.35. The number of anilines is 1. The highest BCUT2D eigenvalue weighted by molar-refractivity contribution is 6.32. The molecule has 176 valence electrons. The molecule has 1 aromatic carbocycles. The Balaban J connectivity index is 2.25. The number of carbonyl (C=O) groups is 2. The van der Waals surface area contributed by atoms with Gasteiger partial charge in [-0.15, -0.1) is 0 Å². The van der Waals surface area contributed by atoms with Gasteiger partial charge in [-0.3, -0.25) is 9.59 Å². The monoisotopic (exact) mass is 462 g/mol. The molecule has 2 aromatic rings. The molecule has 0 fully saturated rings. The molecule has 0 radical (unpaired) electrons. The van der Waals surface area contributed by atoms with Gasteiger partial charge < -0.3 is 15.0 Å². The van der Waals surface area contributed by atoms with E-state index >= 15 is 0 Å². The van der Waals surface area contributed by atoms with Gasteiger partial charge >= 0.3 is 0 Å². The molecule has 1 N–H and O–H groups in total. The first kappa shape index (κ1) is 25.9. The lowest BCUT2D eigenvalue weighted by molar-refractivity contribution is -0.135. The van der Waals surface area contributed by atoms with Crippen LogP contribution in [0.15, 0.2) is 30.3 Å². The molecule has 0 aliphatic rings. The van der Waals surface area contributed by atoms with Crippen LogP contribution in [0.25, 0.3) is 5.69 Å². The summed E-state index contributed by atoms with van der Waals surface area (Å²) < 4.78 is 6.75. The Morgan fingerprint density at radius 3 is 2.56 bits per heavy atom. The van der Waals surface area contributed by atoms with Gasteiger partial charge in [0.25, 0.3) is 0 Å². The fourth-order valence-electron chi connectivity index (χ4n) is 3.18. The van der Waals surface area contributed by atoms with Gasteiger partial charge in [-0.2, -0.15) is 5.10 Å². The summed E-state index contributed by atoms with van der Waals surface area (Å²) in [5.41, 5.74) is 1.29. The molecule has 0 aliphatic heterocycles. The largest absolute Gasteiger partial charge is 0.385 e. The van der Waals surface area contributed by atoms with E-state index in [-0.39, 0.29) is 23.8 Å². The Morgan fingerprint density at radius 1 is 1.22 bits per heavy atom. The number of hydrogen-bond donors (Lipinski definition) is 1. The van der Waals surface area contributed by atoms with Crippen molar-refractivity contribution >= 4 is 29.2 Å². The molecule has 0 bridgehead atoms. The lowest BCUT2D eigenvalue weighted by atomic mass is 9.92. The van der Waals surface area contributed by atoms with Crippen molar-refractivity contribution < 1.29 is 14.3 Å². The molecule has 0 spiro atoms. The summed E-state index contributed by atoms with van der Waals surface area (Å²) in [6.45, 7) is 9.20. The van der Waals surface area contributed by atoms with Crippen molar-refractivity contribution in [2.45, 2.75) is 58.8 Å². The van der Waals surface area contributed by atoms with Crippen molar-refractivity contribution in [1.29, 1.82) is 0 Å². The van der Waals surface area contributed by atoms with Crippen molar-refractivity contribution in [3.63, 3.8) is 0 Å². The minimum atomic E-state index is -0.277. The van der Waals surface area contributed by atoms with Gasteiger partial charge in [0, 0.05) is 38.2 Å². The van der Waals surface area contributed by atoms with Crippen LogP contribution in [0.3, 0.4) is 0 Å². The van der Waals surface area contributed by atoms with E-state index in [0.29, 0.717) is 42.5 Å². The number of amides is 2. The van der Waals surface area contributed by atoms with Crippen LogP contribution in [0, 0.1) is 0 Å². The third-order valence-electron chi connectivity index (χ3n) is 5.03. The van der Waals surface area contributed by atoms with Crippen LogP contribution >= 0.6 is 11.6 Å². The first-order chi connectivity index (χ1) is 15.2. The molecule has 0 saturated heterocycles. The molecule has 1 heterocycles. The summed E-state index contributed by atoms with van der Waals surface area (Å²) in [4.78, 5) is 27.2. The Hall–Kier alpha value is -2.38. The lowest BCUT2D eigenvalue weighted by Crippen LogP contribution is -2.39. The summed E-state index contributed by atoms with van der Waals surface area (Å²) in [7, 11) is 1.62. The van der Waals surface area contributed by atoms with E-state index in [1.807, 2.05) is 31.2 Å². The highest BCUT2D eigenvalue weighted by atomic mass is 35.5. The van der Waals surface area contributed by atoms with Gasteiger partial charge in [0.2, 0.25) is 11.8 Å². The van der Waals surface area contributed by atoms with Gasteiger partial charge in [0.15, 0.2) is 0 Å². The average Bonchev–Trinajstić information content (AvgIpc) is 3.15. The van der Waals surface area contributed by atoms with Gasteiger partial charge in [-0.05, 0) is 25.0 Å². The first-order valence-corrected chi connectivity index (χ1v) is 11.5. The molecule has 32 heavy (non-hydrogen) atoms. The van der Waals surface area contributed by atoms with E-state index in [4.69, 9.17) is 21.4 Å². The predicted molar refractivity (Wildman–Crippen MR) is 129 cm³/mol. The number of unbranched alkanes of at least 4 members (excludes halogenated alkanes) is 1. The molecule has 0 aliphatic carbocycles. The maximum Gasteiger partial charge on any atom is 0.245 e. The number of nitrogens with one attached hydrogen (secondary N) is 1. The highest BCUT2D eigenvalue weighted by Crippen LogP contribution is 2.29. The zero-order chi connectivity index (χ0) is 23.7. The van der Waals surface area contributed by atoms with Crippen LogP contribution in [0.5, 0.6) is 0 Å². The maximum absolute atomic E-state index is 13.0.